The number of amides is 2. The van der Waals surface area contributed by atoms with Gasteiger partial charge in [0.05, 0.1) is 11.3 Å². The van der Waals surface area contributed by atoms with Crippen LogP contribution in [0.25, 0.3) is 11.3 Å². The molecule has 1 aromatic heterocycles. The molecule has 0 aliphatic carbocycles. The van der Waals surface area contributed by atoms with E-state index in [1.165, 1.54) is 0 Å². The van der Waals surface area contributed by atoms with Gasteiger partial charge in [-0.05, 0) is 26.0 Å². The maximum Gasteiger partial charge on any atom is 0.340 e. The fraction of sp³-hybridized carbons (Fsp3) is 0.190. The van der Waals surface area contributed by atoms with Gasteiger partial charge < -0.3 is 19.9 Å². The van der Waals surface area contributed by atoms with Crippen LogP contribution >= 0.6 is 0 Å². The number of hydrogen-bond donors (Lipinski definition) is 2. The summed E-state index contributed by atoms with van der Waals surface area (Å²) in [6, 6.07) is 17.5. The molecule has 0 bridgehead atoms. The minimum Gasteiger partial charge on any atom is -0.454 e. The number of carbonyl (C=O) groups excluding carboxylic acids is 2. The number of nitrogens with one attached hydrogen (secondary N) is 2. The standard InChI is InChI=1S/C21H21N3O4/c1-14(2)22-21(26)23-18-11-7-6-10-17(18)20(25)27-13-16-12-19(24-28-16)15-8-4-3-5-9-15/h3-12,14H,13H2,1-2H3,(H2,22,23,26). The van der Waals surface area contributed by atoms with Crippen LogP contribution in [-0.4, -0.2) is 23.2 Å². The van der Waals surface area contributed by atoms with E-state index < -0.39 is 12.0 Å². The zero-order valence-corrected chi connectivity index (χ0v) is 15.6. The minimum atomic E-state index is -0.571. The van der Waals surface area contributed by atoms with Gasteiger partial charge >= 0.3 is 12.0 Å². The third-order valence-corrected chi connectivity index (χ3v) is 3.79. The van der Waals surface area contributed by atoms with Crippen molar-refractivity contribution in [1.29, 1.82) is 0 Å². The van der Waals surface area contributed by atoms with Gasteiger partial charge in [0.1, 0.15) is 5.69 Å². The van der Waals surface area contributed by atoms with Crippen LogP contribution in [0.5, 0.6) is 0 Å². The Balaban J connectivity index is 1.64. The number of aromatic nitrogens is 1. The van der Waals surface area contributed by atoms with Crippen LogP contribution < -0.4 is 10.6 Å². The molecule has 0 radical (unpaired) electrons. The molecule has 2 amide bonds. The van der Waals surface area contributed by atoms with E-state index in [1.807, 2.05) is 44.2 Å². The molecule has 7 nitrogen and oxygen atoms in total. The maximum atomic E-state index is 12.5. The Labute approximate surface area is 162 Å². The van der Waals surface area contributed by atoms with Crippen molar-refractivity contribution in [2.24, 2.45) is 0 Å². The molecular weight excluding hydrogens is 358 g/mol. The summed E-state index contributed by atoms with van der Waals surface area (Å²) in [5.41, 5.74) is 2.20. The number of benzene rings is 2. The highest BCUT2D eigenvalue weighted by molar-refractivity contribution is 6.00. The summed E-state index contributed by atoms with van der Waals surface area (Å²) in [4.78, 5) is 24.4. The van der Waals surface area contributed by atoms with Gasteiger partial charge in [-0.2, -0.15) is 0 Å². The zero-order chi connectivity index (χ0) is 19.9. The Morgan fingerprint density at radius 1 is 1.07 bits per heavy atom. The Bertz CT molecular complexity index is 951. The predicted molar refractivity (Wildman–Crippen MR) is 105 cm³/mol. The first-order chi connectivity index (χ1) is 13.5. The molecule has 28 heavy (non-hydrogen) atoms. The van der Waals surface area contributed by atoms with Crippen molar-refractivity contribution in [3.05, 3.63) is 72.0 Å². The van der Waals surface area contributed by atoms with Crippen molar-refractivity contribution in [3.8, 4) is 11.3 Å². The molecule has 0 unspecified atom stereocenters. The molecule has 0 aliphatic rings. The first kappa shape index (κ1) is 19.2. The highest BCUT2D eigenvalue weighted by Crippen LogP contribution is 2.20. The quantitative estimate of drug-likeness (QED) is 0.625. The molecule has 2 aromatic carbocycles. The maximum absolute atomic E-state index is 12.5. The molecule has 144 valence electrons. The average Bonchev–Trinajstić information content (AvgIpc) is 3.15. The van der Waals surface area contributed by atoms with Gasteiger partial charge in [0.15, 0.2) is 12.4 Å². The number of esters is 1. The van der Waals surface area contributed by atoms with Crippen LogP contribution in [-0.2, 0) is 11.3 Å². The van der Waals surface area contributed by atoms with Crippen molar-refractivity contribution in [2.45, 2.75) is 26.5 Å². The van der Waals surface area contributed by atoms with Gasteiger partial charge in [0, 0.05) is 17.7 Å². The van der Waals surface area contributed by atoms with Gasteiger partial charge in [0.25, 0.3) is 0 Å². The zero-order valence-electron chi connectivity index (χ0n) is 15.6. The lowest BCUT2D eigenvalue weighted by Gasteiger charge is -2.12. The van der Waals surface area contributed by atoms with E-state index in [1.54, 1.807) is 30.3 Å². The summed E-state index contributed by atoms with van der Waals surface area (Å²) >= 11 is 0. The molecule has 7 heteroatoms. The second kappa shape index (κ2) is 8.85. The SMILES string of the molecule is CC(C)NC(=O)Nc1ccccc1C(=O)OCc1cc(-c2ccccc2)no1. The molecule has 0 fully saturated rings. The molecule has 0 saturated heterocycles. The number of nitrogens with zero attached hydrogens (tertiary/aromatic N) is 1. The monoisotopic (exact) mass is 379 g/mol. The van der Waals surface area contributed by atoms with E-state index in [9.17, 15) is 9.59 Å². The van der Waals surface area contributed by atoms with Gasteiger partial charge in [-0.1, -0.05) is 47.6 Å². The summed E-state index contributed by atoms with van der Waals surface area (Å²) in [6.45, 7) is 3.63. The van der Waals surface area contributed by atoms with Crippen molar-refractivity contribution in [1.82, 2.24) is 10.5 Å². The average molecular weight is 379 g/mol. The Kier molecular flexibility index (Phi) is 6.06. The summed E-state index contributed by atoms with van der Waals surface area (Å²) < 4.78 is 10.6. The first-order valence-corrected chi connectivity index (χ1v) is 8.87. The second-order valence-corrected chi connectivity index (χ2v) is 6.42. The van der Waals surface area contributed by atoms with Gasteiger partial charge in [-0.25, -0.2) is 9.59 Å². The minimum absolute atomic E-state index is 0.0237. The summed E-state index contributed by atoms with van der Waals surface area (Å²) in [5, 5.41) is 9.36. The number of carbonyl (C=O) groups is 2. The largest absolute Gasteiger partial charge is 0.454 e. The third-order valence-electron chi connectivity index (χ3n) is 3.79. The van der Waals surface area contributed by atoms with Crippen LogP contribution in [0.15, 0.2) is 65.2 Å². The number of urea groups is 1. The van der Waals surface area contributed by atoms with E-state index in [0.717, 1.165) is 5.56 Å². The molecule has 0 aliphatic heterocycles. The molecule has 3 aromatic rings. The molecule has 0 atom stereocenters. The van der Waals surface area contributed by atoms with Gasteiger partial charge in [-0.15, -0.1) is 0 Å². The lowest BCUT2D eigenvalue weighted by molar-refractivity contribution is 0.0438. The fourth-order valence-corrected chi connectivity index (χ4v) is 2.53. The summed E-state index contributed by atoms with van der Waals surface area (Å²) in [7, 11) is 0. The predicted octanol–water partition coefficient (Wildman–Crippen LogP) is 4.23. The van der Waals surface area contributed by atoms with Crippen LogP contribution in [0.1, 0.15) is 30.0 Å². The number of anilines is 1. The Morgan fingerprint density at radius 2 is 1.79 bits per heavy atom. The molecule has 0 saturated carbocycles. The van der Waals surface area contributed by atoms with Gasteiger partial charge in [0.2, 0.25) is 0 Å². The highest BCUT2D eigenvalue weighted by Gasteiger charge is 2.16. The van der Waals surface area contributed by atoms with E-state index in [2.05, 4.69) is 15.8 Å². The fourth-order valence-electron chi connectivity index (χ4n) is 2.53. The molecular formula is C21H21N3O4. The van der Waals surface area contributed by atoms with Crippen LogP contribution in [0.2, 0.25) is 0 Å². The van der Waals surface area contributed by atoms with Crippen molar-refractivity contribution in [2.75, 3.05) is 5.32 Å². The van der Waals surface area contributed by atoms with E-state index in [-0.39, 0.29) is 18.2 Å². The Morgan fingerprint density at radius 3 is 2.54 bits per heavy atom. The Hall–Kier alpha value is -3.61. The lowest BCUT2D eigenvalue weighted by Crippen LogP contribution is -2.34. The van der Waals surface area contributed by atoms with E-state index >= 15 is 0 Å². The lowest BCUT2D eigenvalue weighted by atomic mass is 10.1. The number of rotatable bonds is 6. The number of hydrogen-bond acceptors (Lipinski definition) is 5. The summed E-state index contributed by atoms with van der Waals surface area (Å²) in [6.07, 6.45) is 0. The molecule has 3 rings (SSSR count). The first-order valence-electron chi connectivity index (χ1n) is 8.87. The van der Waals surface area contributed by atoms with Crippen LogP contribution in [0.4, 0.5) is 10.5 Å². The molecule has 1 heterocycles. The second-order valence-electron chi connectivity index (χ2n) is 6.42. The van der Waals surface area contributed by atoms with Crippen molar-refractivity contribution in [3.63, 3.8) is 0 Å². The molecule has 0 spiro atoms. The molecule has 2 N–H and O–H groups in total. The number of ether oxygens (including phenoxy) is 1. The van der Waals surface area contributed by atoms with Crippen molar-refractivity contribution < 1.29 is 18.8 Å². The third kappa shape index (κ3) is 4.97. The summed E-state index contributed by atoms with van der Waals surface area (Å²) in [5.74, 6) is -0.145. The normalized spacial score (nSPS) is 10.5. The van der Waals surface area contributed by atoms with Crippen molar-refractivity contribution >= 4 is 17.7 Å². The van der Waals surface area contributed by atoms with E-state index in [4.69, 9.17) is 9.26 Å². The smallest absolute Gasteiger partial charge is 0.340 e. The highest BCUT2D eigenvalue weighted by atomic mass is 16.5. The van der Waals surface area contributed by atoms with Crippen LogP contribution in [0, 0.1) is 0 Å². The topological polar surface area (TPSA) is 93.5 Å². The number of para-hydroxylation sites is 1. The van der Waals surface area contributed by atoms with Crippen LogP contribution in [0.3, 0.4) is 0 Å². The van der Waals surface area contributed by atoms with E-state index in [0.29, 0.717) is 17.1 Å². The van der Waals surface area contributed by atoms with Gasteiger partial charge in [-0.3, -0.25) is 0 Å².